The zero-order valence-electron chi connectivity index (χ0n) is 16.2. The highest BCUT2D eigenvalue weighted by Gasteiger charge is 2.43. The summed E-state index contributed by atoms with van der Waals surface area (Å²) < 4.78 is 6.39. The normalized spacial score (nSPS) is 22.3. The molecule has 2 aliphatic rings. The number of nitrogens with one attached hydrogen (secondary N) is 1. The number of rotatable bonds is 8. The SMILES string of the molecule is CCCCC(CC)CNC12CCCCC1=Cc1cc(Cl)cc([N+](=O)[O-])c1O2. The Balaban J connectivity index is 1.90. The second-order valence-corrected chi connectivity index (χ2v) is 8.14. The third kappa shape index (κ3) is 4.30. The van der Waals surface area contributed by atoms with E-state index in [9.17, 15) is 10.1 Å². The first-order valence-corrected chi connectivity index (χ1v) is 10.5. The number of nitrogens with zero attached hydrogens (tertiary/aromatic N) is 1. The molecule has 148 valence electrons. The number of ether oxygens (including phenoxy) is 1. The fourth-order valence-electron chi connectivity index (χ4n) is 4.16. The van der Waals surface area contributed by atoms with E-state index in [4.69, 9.17) is 16.3 Å². The van der Waals surface area contributed by atoms with Crippen molar-refractivity contribution in [2.75, 3.05) is 6.54 Å². The van der Waals surface area contributed by atoms with Crippen LogP contribution >= 0.6 is 11.6 Å². The summed E-state index contributed by atoms with van der Waals surface area (Å²) in [4.78, 5) is 11.1. The predicted molar refractivity (Wildman–Crippen MR) is 109 cm³/mol. The lowest BCUT2D eigenvalue weighted by molar-refractivity contribution is -0.386. The maximum Gasteiger partial charge on any atom is 0.313 e. The molecule has 0 saturated heterocycles. The van der Waals surface area contributed by atoms with Crippen molar-refractivity contribution in [3.63, 3.8) is 0 Å². The fraction of sp³-hybridized carbons (Fsp3) is 0.619. The van der Waals surface area contributed by atoms with E-state index in [0.29, 0.717) is 22.3 Å². The first-order valence-electron chi connectivity index (χ1n) is 10.1. The molecule has 5 nitrogen and oxygen atoms in total. The molecule has 1 aliphatic carbocycles. The largest absolute Gasteiger partial charge is 0.461 e. The van der Waals surface area contributed by atoms with Crippen molar-refractivity contribution in [2.24, 2.45) is 5.92 Å². The van der Waals surface area contributed by atoms with E-state index in [1.54, 1.807) is 6.07 Å². The molecule has 27 heavy (non-hydrogen) atoms. The summed E-state index contributed by atoms with van der Waals surface area (Å²) in [5, 5.41) is 15.6. The number of hydrogen-bond acceptors (Lipinski definition) is 4. The molecule has 1 saturated carbocycles. The van der Waals surface area contributed by atoms with Crippen LogP contribution in [-0.4, -0.2) is 17.2 Å². The Morgan fingerprint density at radius 2 is 2.19 bits per heavy atom. The summed E-state index contributed by atoms with van der Waals surface area (Å²) in [7, 11) is 0. The van der Waals surface area contributed by atoms with Gasteiger partial charge in [-0.25, -0.2) is 0 Å². The van der Waals surface area contributed by atoms with Crippen LogP contribution in [0.2, 0.25) is 5.02 Å². The third-order valence-electron chi connectivity index (χ3n) is 5.83. The minimum absolute atomic E-state index is 0.0578. The van der Waals surface area contributed by atoms with Crippen LogP contribution in [0.3, 0.4) is 0 Å². The lowest BCUT2D eigenvalue weighted by Gasteiger charge is -2.43. The third-order valence-corrected chi connectivity index (χ3v) is 6.05. The fourth-order valence-corrected chi connectivity index (χ4v) is 4.38. The molecule has 2 unspecified atom stereocenters. The molecule has 1 heterocycles. The van der Waals surface area contributed by atoms with Crippen molar-refractivity contribution >= 4 is 23.4 Å². The first kappa shape index (κ1) is 20.2. The standard InChI is InChI=1S/C21H29ClN2O3/c1-3-5-8-15(4-2)14-23-21-10-7-6-9-17(21)11-16-12-18(22)13-19(24(25)26)20(16)27-21/h11-13,15,23H,3-10,14H2,1-2H3. The second kappa shape index (κ2) is 8.61. The number of fused-ring (bicyclic) bond motifs is 2. The van der Waals surface area contributed by atoms with Gasteiger partial charge in [0, 0.05) is 29.6 Å². The number of nitro benzene ring substituents is 1. The van der Waals surface area contributed by atoms with Crippen LogP contribution in [0.4, 0.5) is 5.69 Å². The van der Waals surface area contributed by atoms with Gasteiger partial charge in [-0.2, -0.15) is 0 Å². The number of unbranched alkanes of at least 4 members (excludes halogenated alkanes) is 1. The Bertz CT molecular complexity index is 734. The Kier molecular flexibility index (Phi) is 6.43. The number of benzene rings is 1. The van der Waals surface area contributed by atoms with E-state index < -0.39 is 10.6 Å². The molecule has 2 atom stereocenters. The smallest absolute Gasteiger partial charge is 0.313 e. The summed E-state index contributed by atoms with van der Waals surface area (Å²) in [5.41, 5.74) is 1.21. The Morgan fingerprint density at radius 1 is 1.37 bits per heavy atom. The molecule has 0 spiro atoms. The Labute approximate surface area is 166 Å². The molecule has 0 amide bonds. The highest BCUT2D eigenvalue weighted by Crippen LogP contribution is 2.47. The molecular formula is C21H29ClN2O3. The van der Waals surface area contributed by atoms with Crippen LogP contribution in [0, 0.1) is 16.0 Å². The summed E-state index contributed by atoms with van der Waals surface area (Å²) in [6.07, 6.45) is 10.7. The Morgan fingerprint density at radius 3 is 2.89 bits per heavy atom. The zero-order valence-corrected chi connectivity index (χ0v) is 17.0. The highest BCUT2D eigenvalue weighted by molar-refractivity contribution is 6.31. The van der Waals surface area contributed by atoms with E-state index in [2.05, 4.69) is 25.2 Å². The molecule has 0 radical (unpaired) electrons. The lowest BCUT2D eigenvalue weighted by atomic mass is 9.82. The summed E-state index contributed by atoms with van der Waals surface area (Å²) in [5.74, 6) is 0.928. The van der Waals surface area contributed by atoms with Gasteiger partial charge >= 0.3 is 5.69 Å². The first-order chi connectivity index (χ1) is 13.0. The van der Waals surface area contributed by atoms with Crippen molar-refractivity contribution in [3.8, 4) is 5.75 Å². The molecule has 1 N–H and O–H groups in total. The molecule has 3 rings (SSSR count). The maximum absolute atomic E-state index is 11.5. The summed E-state index contributed by atoms with van der Waals surface area (Å²) >= 11 is 6.10. The van der Waals surface area contributed by atoms with Crippen molar-refractivity contribution < 1.29 is 9.66 Å². The number of nitro groups is 1. The van der Waals surface area contributed by atoms with E-state index >= 15 is 0 Å². The van der Waals surface area contributed by atoms with Gasteiger partial charge in [0.05, 0.1) is 4.92 Å². The van der Waals surface area contributed by atoms with Gasteiger partial charge in [0.25, 0.3) is 0 Å². The van der Waals surface area contributed by atoms with Crippen LogP contribution in [-0.2, 0) is 0 Å². The van der Waals surface area contributed by atoms with Crippen molar-refractivity contribution in [3.05, 3.63) is 38.4 Å². The number of halogens is 1. The molecule has 6 heteroatoms. The van der Waals surface area contributed by atoms with Crippen LogP contribution < -0.4 is 10.1 Å². The minimum atomic E-state index is -0.622. The van der Waals surface area contributed by atoms with Gasteiger partial charge in [0.2, 0.25) is 5.75 Å². The highest BCUT2D eigenvalue weighted by atomic mass is 35.5. The zero-order chi connectivity index (χ0) is 19.4. The van der Waals surface area contributed by atoms with Crippen molar-refractivity contribution in [1.82, 2.24) is 5.32 Å². The van der Waals surface area contributed by atoms with Crippen molar-refractivity contribution in [1.29, 1.82) is 0 Å². The van der Waals surface area contributed by atoms with Crippen LogP contribution in [0.25, 0.3) is 6.08 Å². The maximum atomic E-state index is 11.5. The van der Waals surface area contributed by atoms with E-state index in [1.807, 2.05) is 0 Å². The van der Waals surface area contributed by atoms with E-state index in [-0.39, 0.29) is 5.69 Å². The summed E-state index contributed by atoms with van der Waals surface area (Å²) in [6.45, 7) is 5.30. The van der Waals surface area contributed by atoms with Gasteiger partial charge < -0.3 is 4.74 Å². The molecular weight excluding hydrogens is 364 g/mol. The van der Waals surface area contributed by atoms with Crippen molar-refractivity contribution in [2.45, 2.75) is 70.9 Å². The molecule has 1 aliphatic heterocycles. The predicted octanol–water partition coefficient (Wildman–Crippen LogP) is 6.10. The molecule has 0 bridgehead atoms. The average molecular weight is 393 g/mol. The monoisotopic (exact) mass is 392 g/mol. The van der Waals surface area contributed by atoms with E-state index in [1.165, 1.54) is 30.9 Å². The Hall–Kier alpha value is -1.59. The molecule has 1 fully saturated rings. The minimum Gasteiger partial charge on any atom is -0.461 e. The van der Waals surface area contributed by atoms with Gasteiger partial charge in [0.15, 0.2) is 5.72 Å². The lowest BCUT2D eigenvalue weighted by Crippen LogP contribution is -2.55. The number of hydrogen-bond donors (Lipinski definition) is 1. The molecule has 1 aromatic rings. The van der Waals surface area contributed by atoms with Crippen LogP contribution in [0.1, 0.15) is 70.8 Å². The summed E-state index contributed by atoms with van der Waals surface area (Å²) in [6, 6.07) is 3.14. The van der Waals surface area contributed by atoms with Gasteiger partial charge in [-0.3, -0.25) is 15.4 Å². The van der Waals surface area contributed by atoms with Crippen LogP contribution in [0.5, 0.6) is 5.75 Å². The van der Waals surface area contributed by atoms with Gasteiger partial charge in [-0.1, -0.05) is 44.7 Å². The van der Waals surface area contributed by atoms with Crippen LogP contribution in [0.15, 0.2) is 17.7 Å². The average Bonchev–Trinajstić information content (AvgIpc) is 2.66. The molecule has 1 aromatic carbocycles. The second-order valence-electron chi connectivity index (χ2n) is 7.70. The van der Waals surface area contributed by atoms with Gasteiger partial charge in [-0.15, -0.1) is 0 Å². The molecule has 0 aromatic heterocycles. The van der Waals surface area contributed by atoms with Gasteiger partial charge in [-0.05, 0) is 49.3 Å². The quantitative estimate of drug-likeness (QED) is 0.428. The topological polar surface area (TPSA) is 64.4 Å². The van der Waals surface area contributed by atoms with Gasteiger partial charge in [0.1, 0.15) is 0 Å². The van der Waals surface area contributed by atoms with E-state index in [0.717, 1.165) is 38.6 Å².